The van der Waals surface area contributed by atoms with Crippen molar-refractivity contribution in [1.82, 2.24) is 4.57 Å². The minimum Gasteiger partial charge on any atom is -0.345 e. The first-order valence-electron chi connectivity index (χ1n) is 6.28. The van der Waals surface area contributed by atoms with Crippen molar-refractivity contribution in [3.63, 3.8) is 0 Å². The Balaban J connectivity index is 2.17. The Labute approximate surface area is 101 Å². The molecule has 2 nitrogen and oxygen atoms in total. The zero-order valence-corrected chi connectivity index (χ0v) is 10.2. The van der Waals surface area contributed by atoms with Crippen molar-refractivity contribution in [1.29, 1.82) is 5.26 Å². The van der Waals surface area contributed by atoms with Gasteiger partial charge in [-0.05, 0) is 49.4 Å². The van der Waals surface area contributed by atoms with Gasteiger partial charge in [-0.25, -0.2) is 0 Å². The van der Waals surface area contributed by atoms with Crippen molar-refractivity contribution < 1.29 is 0 Å². The molecule has 1 aliphatic heterocycles. The lowest BCUT2D eigenvalue weighted by Crippen LogP contribution is -2.09. The monoisotopic (exact) mass is 224 g/mol. The molecule has 1 aromatic heterocycles. The highest BCUT2D eigenvalue weighted by atomic mass is 15.0. The third kappa shape index (κ3) is 1.63. The second-order valence-electron chi connectivity index (χ2n) is 4.89. The van der Waals surface area contributed by atoms with Crippen molar-refractivity contribution in [2.75, 3.05) is 0 Å². The summed E-state index contributed by atoms with van der Waals surface area (Å²) in [5.41, 5.74) is 5.57. The summed E-state index contributed by atoms with van der Waals surface area (Å²) in [6.07, 6.45) is 3.91. The van der Waals surface area contributed by atoms with Crippen molar-refractivity contribution >= 4 is 10.9 Å². The fraction of sp³-hybridized carbons (Fsp3) is 0.400. The smallest absolute Gasteiger partial charge is 0.0625 e. The Morgan fingerprint density at radius 2 is 2.24 bits per heavy atom. The Kier molecular flexibility index (Phi) is 2.40. The topological polar surface area (TPSA) is 28.7 Å². The minimum atomic E-state index is 0.616. The van der Waals surface area contributed by atoms with Crippen LogP contribution in [0.15, 0.2) is 18.2 Å². The van der Waals surface area contributed by atoms with Crippen LogP contribution < -0.4 is 0 Å². The van der Waals surface area contributed by atoms with Crippen molar-refractivity contribution in [2.45, 2.75) is 39.2 Å². The van der Waals surface area contributed by atoms with E-state index in [-0.39, 0.29) is 0 Å². The molecule has 1 aliphatic rings. The van der Waals surface area contributed by atoms with Crippen LogP contribution in [0.2, 0.25) is 0 Å². The molecule has 1 aromatic carbocycles. The molecule has 0 radical (unpaired) electrons. The molecule has 0 bridgehead atoms. The molecule has 0 unspecified atom stereocenters. The van der Waals surface area contributed by atoms with Crippen LogP contribution in [-0.2, 0) is 19.4 Å². The van der Waals surface area contributed by atoms with Gasteiger partial charge >= 0.3 is 0 Å². The van der Waals surface area contributed by atoms with Gasteiger partial charge in [-0.15, -0.1) is 0 Å². The first kappa shape index (κ1) is 10.4. The molecule has 0 atom stereocenters. The molecular formula is C15H16N2. The maximum Gasteiger partial charge on any atom is 0.0625 e. The highest BCUT2D eigenvalue weighted by Crippen LogP contribution is 2.30. The lowest BCUT2D eigenvalue weighted by molar-refractivity contribution is 0.623. The lowest BCUT2D eigenvalue weighted by Gasteiger charge is -2.18. The summed E-state index contributed by atoms with van der Waals surface area (Å²) in [7, 11) is 0. The molecular weight excluding hydrogens is 208 g/mol. The zero-order valence-electron chi connectivity index (χ0n) is 10.2. The van der Waals surface area contributed by atoms with Crippen LogP contribution in [0.4, 0.5) is 0 Å². The van der Waals surface area contributed by atoms with E-state index in [0.29, 0.717) is 6.42 Å². The fourth-order valence-corrected chi connectivity index (χ4v) is 2.96. The van der Waals surface area contributed by atoms with Gasteiger partial charge in [0.1, 0.15) is 0 Å². The van der Waals surface area contributed by atoms with Crippen LogP contribution in [0.25, 0.3) is 10.9 Å². The molecule has 2 heteroatoms. The standard InChI is InChI=1S/C15H16N2/c1-11-8-14-10-12(4-2-6-16)9-13-5-3-7-17(11)15(13)14/h8-10H,2-5,7H2,1H3. The summed E-state index contributed by atoms with van der Waals surface area (Å²) in [5.74, 6) is 0. The van der Waals surface area contributed by atoms with E-state index in [2.05, 4.69) is 35.8 Å². The van der Waals surface area contributed by atoms with Gasteiger partial charge in [0, 0.05) is 24.0 Å². The van der Waals surface area contributed by atoms with Gasteiger partial charge in [0.2, 0.25) is 0 Å². The fourth-order valence-electron chi connectivity index (χ4n) is 2.96. The quantitative estimate of drug-likeness (QED) is 0.769. The first-order chi connectivity index (χ1) is 8.29. The average Bonchev–Trinajstić information content (AvgIpc) is 2.66. The average molecular weight is 224 g/mol. The number of nitrogens with zero attached hydrogens (tertiary/aromatic N) is 2. The van der Waals surface area contributed by atoms with E-state index in [9.17, 15) is 0 Å². The number of hydrogen-bond donors (Lipinski definition) is 0. The van der Waals surface area contributed by atoms with E-state index in [1.165, 1.54) is 40.6 Å². The van der Waals surface area contributed by atoms with Gasteiger partial charge < -0.3 is 4.57 Å². The van der Waals surface area contributed by atoms with E-state index < -0.39 is 0 Å². The summed E-state index contributed by atoms with van der Waals surface area (Å²) in [6.45, 7) is 3.34. The van der Waals surface area contributed by atoms with E-state index in [0.717, 1.165) is 13.0 Å². The second kappa shape index (κ2) is 3.92. The Morgan fingerprint density at radius 3 is 3.06 bits per heavy atom. The largest absolute Gasteiger partial charge is 0.345 e. The second-order valence-corrected chi connectivity index (χ2v) is 4.89. The number of rotatable bonds is 2. The Hall–Kier alpha value is -1.75. The van der Waals surface area contributed by atoms with Crippen LogP contribution >= 0.6 is 0 Å². The molecule has 17 heavy (non-hydrogen) atoms. The van der Waals surface area contributed by atoms with Gasteiger partial charge in [0.05, 0.1) is 11.6 Å². The predicted octanol–water partition coefficient (Wildman–Crippen LogP) is 3.35. The predicted molar refractivity (Wildman–Crippen MR) is 68.9 cm³/mol. The van der Waals surface area contributed by atoms with E-state index in [4.69, 9.17) is 5.26 Å². The van der Waals surface area contributed by atoms with Gasteiger partial charge in [-0.1, -0.05) is 6.07 Å². The molecule has 0 amide bonds. The minimum absolute atomic E-state index is 0.616. The van der Waals surface area contributed by atoms with Crippen LogP contribution in [0.1, 0.15) is 29.7 Å². The number of nitriles is 1. The summed E-state index contributed by atoms with van der Waals surface area (Å²) in [4.78, 5) is 0. The molecule has 86 valence electrons. The molecule has 2 aromatic rings. The molecule has 3 rings (SSSR count). The lowest BCUT2D eigenvalue weighted by atomic mass is 9.98. The van der Waals surface area contributed by atoms with E-state index in [1.54, 1.807) is 0 Å². The molecule has 0 saturated carbocycles. The van der Waals surface area contributed by atoms with Crippen LogP contribution in [0.3, 0.4) is 0 Å². The summed E-state index contributed by atoms with van der Waals surface area (Å²) >= 11 is 0. The molecule has 0 aliphatic carbocycles. The van der Waals surface area contributed by atoms with Crippen LogP contribution in [-0.4, -0.2) is 4.57 Å². The molecule has 0 saturated heterocycles. The SMILES string of the molecule is Cc1cc2cc(CCC#N)cc3c2n1CCC3. The zero-order chi connectivity index (χ0) is 11.8. The van der Waals surface area contributed by atoms with Crippen LogP contribution in [0.5, 0.6) is 0 Å². The van der Waals surface area contributed by atoms with Crippen molar-refractivity contribution in [2.24, 2.45) is 0 Å². The number of hydrogen-bond acceptors (Lipinski definition) is 1. The summed E-state index contributed by atoms with van der Waals surface area (Å²) < 4.78 is 2.43. The van der Waals surface area contributed by atoms with Gasteiger partial charge in [-0.2, -0.15) is 5.26 Å². The molecule has 2 heterocycles. The maximum atomic E-state index is 8.67. The highest BCUT2D eigenvalue weighted by molar-refractivity contribution is 5.85. The number of benzene rings is 1. The van der Waals surface area contributed by atoms with Crippen molar-refractivity contribution in [3.8, 4) is 6.07 Å². The normalized spacial score (nSPS) is 13.9. The Morgan fingerprint density at radius 1 is 1.35 bits per heavy atom. The Bertz CT molecular complexity index is 614. The third-order valence-electron chi connectivity index (χ3n) is 3.69. The summed E-state index contributed by atoms with van der Waals surface area (Å²) in [5, 5.41) is 10.0. The molecule has 0 fully saturated rings. The number of aromatic nitrogens is 1. The van der Waals surface area contributed by atoms with Gasteiger partial charge in [0.15, 0.2) is 0 Å². The first-order valence-corrected chi connectivity index (χ1v) is 6.28. The van der Waals surface area contributed by atoms with E-state index >= 15 is 0 Å². The third-order valence-corrected chi connectivity index (χ3v) is 3.69. The maximum absolute atomic E-state index is 8.67. The summed E-state index contributed by atoms with van der Waals surface area (Å²) in [6, 6.07) is 9.06. The van der Waals surface area contributed by atoms with Gasteiger partial charge in [-0.3, -0.25) is 0 Å². The van der Waals surface area contributed by atoms with E-state index in [1.807, 2.05) is 0 Å². The highest BCUT2D eigenvalue weighted by Gasteiger charge is 2.15. The molecule has 0 spiro atoms. The number of aryl methyl sites for hydroxylation is 4. The van der Waals surface area contributed by atoms with Crippen LogP contribution in [0, 0.1) is 18.3 Å². The van der Waals surface area contributed by atoms with Crippen molar-refractivity contribution in [3.05, 3.63) is 35.0 Å². The molecule has 0 N–H and O–H groups in total. The van der Waals surface area contributed by atoms with Gasteiger partial charge in [0.25, 0.3) is 0 Å².